The molecule has 9 heteroatoms. The van der Waals surface area contributed by atoms with Crippen molar-refractivity contribution in [2.75, 3.05) is 36.8 Å². The Kier molecular flexibility index (Phi) is 9.22. The average Bonchev–Trinajstić information content (AvgIpc) is 3.06. The largest absolute Gasteiger partial charge is 0.345 e. The summed E-state index contributed by atoms with van der Waals surface area (Å²) >= 11 is 1.34. The van der Waals surface area contributed by atoms with E-state index in [0.717, 1.165) is 42.9 Å². The molecule has 0 atom stereocenters. The lowest BCUT2D eigenvalue weighted by Crippen LogP contribution is -2.36. The molecule has 1 aromatic heterocycles. The number of unbranched alkanes of at least 4 members (excludes halogenated alkanes) is 5. The van der Waals surface area contributed by atoms with Gasteiger partial charge in [0, 0.05) is 44.1 Å². The summed E-state index contributed by atoms with van der Waals surface area (Å²) in [5.41, 5.74) is 0.966. The standard InChI is InChI=1S/C22H33FN4O2S2/c1-2-3-4-5-6-7-17-31(28,29)27-14-8-13-26(15-16-27)22-24-21(25-30-22)18-19-9-11-20(23)12-10-19/h9-12H,2-8,13-18H2,1H3. The van der Waals surface area contributed by atoms with E-state index >= 15 is 0 Å². The third-order valence-electron chi connectivity index (χ3n) is 5.61. The third kappa shape index (κ3) is 7.50. The van der Waals surface area contributed by atoms with Gasteiger partial charge in [-0.25, -0.2) is 22.1 Å². The van der Waals surface area contributed by atoms with Gasteiger partial charge in [0.15, 0.2) is 0 Å². The topological polar surface area (TPSA) is 66.4 Å². The monoisotopic (exact) mass is 468 g/mol. The van der Waals surface area contributed by atoms with Crippen LogP contribution in [-0.2, 0) is 16.4 Å². The fraction of sp³-hybridized carbons (Fsp3) is 0.636. The van der Waals surface area contributed by atoms with Gasteiger partial charge in [0.2, 0.25) is 15.2 Å². The maximum Gasteiger partial charge on any atom is 0.214 e. The molecule has 31 heavy (non-hydrogen) atoms. The molecular weight excluding hydrogens is 435 g/mol. The van der Waals surface area contributed by atoms with Gasteiger partial charge in [-0.2, -0.15) is 4.37 Å². The van der Waals surface area contributed by atoms with E-state index in [2.05, 4.69) is 21.2 Å². The van der Waals surface area contributed by atoms with Gasteiger partial charge in [-0.1, -0.05) is 51.2 Å². The summed E-state index contributed by atoms with van der Waals surface area (Å²) in [6, 6.07) is 6.37. The van der Waals surface area contributed by atoms with Crippen LogP contribution in [0.4, 0.5) is 9.52 Å². The van der Waals surface area contributed by atoms with Crippen LogP contribution >= 0.6 is 11.5 Å². The minimum Gasteiger partial charge on any atom is -0.345 e. The first-order chi connectivity index (χ1) is 15.0. The summed E-state index contributed by atoms with van der Waals surface area (Å²) < 4.78 is 44.7. The van der Waals surface area contributed by atoms with E-state index in [4.69, 9.17) is 0 Å². The molecule has 0 unspecified atom stereocenters. The van der Waals surface area contributed by atoms with Crippen LogP contribution in [0.1, 0.15) is 63.3 Å². The lowest BCUT2D eigenvalue weighted by atomic mass is 10.1. The Bertz CT molecular complexity index is 902. The van der Waals surface area contributed by atoms with Crippen molar-refractivity contribution < 1.29 is 12.8 Å². The van der Waals surface area contributed by atoms with E-state index in [9.17, 15) is 12.8 Å². The smallest absolute Gasteiger partial charge is 0.214 e. The van der Waals surface area contributed by atoms with Crippen molar-refractivity contribution in [1.29, 1.82) is 0 Å². The highest BCUT2D eigenvalue weighted by atomic mass is 32.2. The predicted octanol–water partition coefficient (Wildman–Crippen LogP) is 4.47. The zero-order chi connectivity index (χ0) is 22.1. The van der Waals surface area contributed by atoms with Crippen molar-refractivity contribution in [3.8, 4) is 0 Å². The molecule has 1 aromatic carbocycles. The SMILES string of the molecule is CCCCCCCCS(=O)(=O)N1CCCN(c2nc(Cc3ccc(F)cc3)ns2)CC1. The van der Waals surface area contributed by atoms with Gasteiger partial charge in [0.1, 0.15) is 11.6 Å². The second-order valence-corrected chi connectivity index (χ2v) is 10.9. The molecule has 0 aliphatic carbocycles. The molecule has 1 aliphatic rings. The van der Waals surface area contributed by atoms with E-state index in [-0.39, 0.29) is 11.6 Å². The number of aromatic nitrogens is 2. The number of sulfonamides is 1. The highest BCUT2D eigenvalue weighted by molar-refractivity contribution is 7.89. The van der Waals surface area contributed by atoms with Crippen molar-refractivity contribution in [3.05, 3.63) is 41.5 Å². The van der Waals surface area contributed by atoms with Crippen LogP contribution in [0.25, 0.3) is 0 Å². The van der Waals surface area contributed by atoms with Crippen LogP contribution < -0.4 is 4.90 Å². The number of anilines is 1. The highest BCUT2D eigenvalue weighted by Crippen LogP contribution is 2.22. The zero-order valence-corrected chi connectivity index (χ0v) is 19.9. The number of benzene rings is 1. The molecule has 2 aromatic rings. The van der Waals surface area contributed by atoms with Gasteiger partial charge in [0.05, 0.1) is 5.75 Å². The first-order valence-electron chi connectivity index (χ1n) is 11.3. The molecule has 0 spiro atoms. The van der Waals surface area contributed by atoms with E-state index in [1.807, 2.05) is 0 Å². The fourth-order valence-electron chi connectivity index (χ4n) is 3.79. The summed E-state index contributed by atoms with van der Waals surface area (Å²) in [5, 5.41) is 0.826. The Morgan fingerprint density at radius 1 is 1.00 bits per heavy atom. The molecule has 0 radical (unpaired) electrons. The van der Waals surface area contributed by atoms with Gasteiger partial charge in [-0.05, 0) is 30.5 Å². The van der Waals surface area contributed by atoms with Gasteiger partial charge in [-0.3, -0.25) is 0 Å². The number of hydrogen-bond donors (Lipinski definition) is 0. The summed E-state index contributed by atoms with van der Waals surface area (Å²) in [4.78, 5) is 6.77. The predicted molar refractivity (Wildman–Crippen MR) is 125 cm³/mol. The van der Waals surface area contributed by atoms with Gasteiger partial charge < -0.3 is 4.90 Å². The molecule has 1 saturated heterocycles. The molecule has 0 N–H and O–H groups in total. The summed E-state index contributed by atoms with van der Waals surface area (Å²) in [7, 11) is -3.20. The third-order valence-corrected chi connectivity index (χ3v) is 8.38. The molecule has 3 rings (SSSR count). The minimum atomic E-state index is -3.20. The summed E-state index contributed by atoms with van der Waals surface area (Å²) in [6.45, 7) is 4.64. The van der Waals surface area contributed by atoms with Gasteiger partial charge in [-0.15, -0.1) is 0 Å². The van der Waals surface area contributed by atoms with Crippen molar-refractivity contribution in [2.24, 2.45) is 0 Å². The normalized spacial score (nSPS) is 15.9. The van der Waals surface area contributed by atoms with Crippen molar-refractivity contribution in [1.82, 2.24) is 13.7 Å². The number of hydrogen-bond acceptors (Lipinski definition) is 6. The van der Waals surface area contributed by atoms with Crippen molar-refractivity contribution in [2.45, 2.75) is 58.3 Å². The lowest BCUT2D eigenvalue weighted by Gasteiger charge is -2.21. The van der Waals surface area contributed by atoms with E-state index in [0.29, 0.717) is 31.9 Å². The molecule has 1 fully saturated rings. The Hall–Kier alpha value is -1.58. The van der Waals surface area contributed by atoms with E-state index in [1.54, 1.807) is 16.4 Å². The molecular formula is C22H33FN4O2S2. The fourth-order valence-corrected chi connectivity index (χ4v) is 6.12. The Morgan fingerprint density at radius 3 is 2.52 bits per heavy atom. The highest BCUT2D eigenvalue weighted by Gasteiger charge is 2.26. The Labute approximate surface area is 189 Å². The first-order valence-corrected chi connectivity index (χ1v) is 13.7. The molecule has 6 nitrogen and oxygen atoms in total. The van der Waals surface area contributed by atoms with Crippen LogP contribution in [0.3, 0.4) is 0 Å². The maximum atomic E-state index is 13.1. The van der Waals surface area contributed by atoms with Crippen LogP contribution in [0.2, 0.25) is 0 Å². The van der Waals surface area contributed by atoms with Crippen LogP contribution in [-0.4, -0.2) is 54.0 Å². The zero-order valence-electron chi connectivity index (χ0n) is 18.3. The molecule has 0 saturated carbocycles. The number of rotatable bonds is 11. The molecule has 1 aliphatic heterocycles. The quantitative estimate of drug-likeness (QED) is 0.455. The number of nitrogens with zero attached hydrogens (tertiary/aromatic N) is 4. The number of halogens is 1. The molecule has 0 bridgehead atoms. The van der Waals surface area contributed by atoms with E-state index in [1.165, 1.54) is 42.9 Å². The van der Waals surface area contributed by atoms with Crippen LogP contribution in [0.5, 0.6) is 0 Å². The lowest BCUT2D eigenvalue weighted by molar-refractivity contribution is 0.431. The molecule has 0 amide bonds. The van der Waals surface area contributed by atoms with Crippen LogP contribution in [0.15, 0.2) is 24.3 Å². The van der Waals surface area contributed by atoms with Crippen LogP contribution in [0, 0.1) is 5.82 Å². The van der Waals surface area contributed by atoms with Gasteiger partial charge >= 0.3 is 0 Å². The second-order valence-electron chi connectivity index (χ2n) is 8.12. The Balaban J connectivity index is 1.49. The average molecular weight is 469 g/mol. The summed E-state index contributed by atoms with van der Waals surface area (Å²) in [5.74, 6) is 0.708. The molecule has 2 heterocycles. The van der Waals surface area contributed by atoms with Crippen molar-refractivity contribution >= 4 is 26.7 Å². The molecule has 172 valence electrons. The minimum absolute atomic E-state index is 0.250. The summed E-state index contributed by atoms with van der Waals surface area (Å²) in [6.07, 6.45) is 7.81. The second kappa shape index (κ2) is 11.9. The maximum absolute atomic E-state index is 13.1. The van der Waals surface area contributed by atoms with E-state index < -0.39 is 10.0 Å². The Morgan fingerprint density at radius 2 is 1.74 bits per heavy atom. The van der Waals surface area contributed by atoms with Gasteiger partial charge in [0.25, 0.3) is 0 Å². The first kappa shape index (κ1) is 24.1. The van der Waals surface area contributed by atoms with Crippen molar-refractivity contribution in [3.63, 3.8) is 0 Å².